The van der Waals surface area contributed by atoms with Crippen LogP contribution in [0, 0.1) is 10.1 Å². The van der Waals surface area contributed by atoms with Crippen LogP contribution in [-0.2, 0) is 0 Å². The van der Waals surface area contributed by atoms with Gasteiger partial charge in [-0.25, -0.2) is 0 Å². The smallest absolute Gasteiger partial charge is 0.270 e. The van der Waals surface area contributed by atoms with E-state index in [4.69, 9.17) is 11.0 Å². The Kier molecular flexibility index (Phi) is 3.33. The molecule has 0 fully saturated rings. The average Bonchev–Trinajstić information content (AvgIpc) is 2.26. The highest BCUT2D eigenvalue weighted by atomic mass is 16.6. The van der Waals surface area contributed by atoms with Crippen molar-refractivity contribution in [2.75, 3.05) is 0 Å². The molecule has 0 heterocycles. The van der Waals surface area contributed by atoms with Crippen LogP contribution >= 0.6 is 0 Å². The molecule has 0 aliphatic heterocycles. The fourth-order valence-electron chi connectivity index (χ4n) is 1.02. The number of non-ortho nitro benzene ring substituents is 1. The van der Waals surface area contributed by atoms with Gasteiger partial charge in [0.2, 0.25) is 0 Å². The van der Waals surface area contributed by atoms with E-state index in [1.807, 2.05) is 0 Å². The summed E-state index contributed by atoms with van der Waals surface area (Å²) in [4.78, 5) is 9.94. The molecule has 1 aromatic rings. The van der Waals surface area contributed by atoms with Gasteiger partial charge < -0.3 is 11.0 Å². The van der Waals surface area contributed by atoms with Crippen molar-refractivity contribution in [3.05, 3.63) is 39.9 Å². The van der Waals surface area contributed by atoms with Crippen LogP contribution in [0.4, 0.5) is 5.69 Å². The zero-order chi connectivity index (χ0) is 11.3. The van der Waals surface area contributed by atoms with E-state index in [-0.39, 0.29) is 11.4 Å². The van der Waals surface area contributed by atoms with E-state index < -0.39 is 4.92 Å². The van der Waals surface area contributed by atoms with Crippen molar-refractivity contribution in [1.29, 1.82) is 0 Å². The molecular weight excluding hydrogens is 200 g/mol. The van der Waals surface area contributed by atoms with Gasteiger partial charge >= 0.3 is 0 Å². The van der Waals surface area contributed by atoms with Gasteiger partial charge in [-0.3, -0.25) is 10.1 Å². The predicted octanol–water partition coefficient (Wildman–Crippen LogP) is 0.718. The van der Waals surface area contributed by atoms with Crippen molar-refractivity contribution in [2.45, 2.75) is 0 Å². The molecule has 1 rings (SSSR count). The van der Waals surface area contributed by atoms with Crippen molar-refractivity contribution in [3.63, 3.8) is 0 Å². The molecule has 0 radical (unpaired) electrons. The first-order chi connectivity index (χ1) is 7.19. The topological polar surface area (TPSA) is 114 Å². The zero-order valence-electron chi connectivity index (χ0n) is 7.57. The molecule has 0 spiro atoms. The van der Waals surface area contributed by atoms with Gasteiger partial charge in [-0.05, 0) is 0 Å². The number of oxime groups is 1. The van der Waals surface area contributed by atoms with Gasteiger partial charge in [0.1, 0.15) is 5.71 Å². The third-order valence-corrected chi connectivity index (χ3v) is 1.67. The Morgan fingerprint density at radius 3 is 2.87 bits per heavy atom. The number of hydrogen-bond acceptors (Lipinski definition) is 6. The maximum Gasteiger partial charge on any atom is 0.270 e. The van der Waals surface area contributed by atoms with Crippen molar-refractivity contribution in [1.82, 2.24) is 0 Å². The fourth-order valence-corrected chi connectivity index (χ4v) is 1.02. The van der Waals surface area contributed by atoms with Gasteiger partial charge in [-0.1, -0.05) is 17.3 Å². The highest BCUT2D eigenvalue weighted by molar-refractivity contribution is 6.38. The zero-order valence-corrected chi connectivity index (χ0v) is 7.57. The summed E-state index contributed by atoms with van der Waals surface area (Å²) in [5.41, 5.74) is 0.477. The summed E-state index contributed by atoms with van der Waals surface area (Å²) in [6.07, 6.45) is 0.999. The lowest BCUT2D eigenvalue weighted by Gasteiger charge is -1.98. The van der Waals surface area contributed by atoms with Gasteiger partial charge in [0.25, 0.3) is 5.69 Å². The molecule has 0 amide bonds. The minimum Gasteiger partial charge on any atom is -0.411 e. The van der Waals surface area contributed by atoms with Crippen molar-refractivity contribution >= 4 is 17.6 Å². The number of nitrogens with zero attached hydrogens (tertiary/aromatic N) is 3. The van der Waals surface area contributed by atoms with Crippen LogP contribution in [0.5, 0.6) is 0 Å². The molecule has 0 saturated heterocycles. The molecule has 15 heavy (non-hydrogen) atoms. The van der Waals surface area contributed by atoms with Crippen LogP contribution in [0.1, 0.15) is 5.56 Å². The SMILES string of the molecule is N/N=C(\C=N/O)c1cccc([N+](=O)[O-])c1. The molecular formula is C8H8N4O3. The largest absolute Gasteiger partial charge is 0.411 e. The number of hydrogen-bond donors (Lipinski definition) is 2. The third-order valence-electron chi connectivity index (χ3n) is 1.67. The van der Waals surface area contributed by atoms with Crippen LogP contribution in [0.25, 0.3) is 0 Å². The van der Waals surface area contributed by atoms with Crippen molar-refractivity contribution in [3.8, 4) is 0 Å². The van der Waals surface area contributed by atoms with Crippen LogP contribution in [0.2, 0.25) is 0 Å². The lowest BCUT2D eigenvalue weighted by Crippen LogP contribution is -2.06. The summed E-state index contributed by atoms with van der Waals surface area (Å²) >= 11 is 0. The molecule has 0 bridgehead atoms. The van der Waals surface area contributed by atoms with Crippen LogP contribution in [0.15, 0.2) is 34.5 Å². The lowest BCUT2D eigenvalue weighted by atomic mass is 10.1. The minimum atomic E-state index is -0.534. The Hall–Kier alpha value is -2.44. The molecule has 0 atom stereocenters. The van der Waals surface area contributed by atoms with E-state index in [2.05, 4.69) is 10.3 Å². The highest BCUT2D eigenvalue weighted by Gasteiger charge is 2.08. The Bertz CT molecular complexity index is 428. The standard InChI is InChI=1S/C8H8N4O3/c9-11-8(5-10-13)6-2-1-3-7(4-6)12(14)15/h1-5,13H,9H2/b10-5-,11-8+. The van der Waals surface area contributed by atoms with Crippen molar-refractivity contribution < 1.29 is 10.1 Å². The molecule has 0 aliphatic rings. The molecule has 1 aromatic carbocycles. The predicted molar refractivity (Wildman–Crippen MR) is 54.1 cm³/mol. The summed E-state index contributed by atoms with van der Waals surface area (Å²) in [5.74, 6) is 5.03. The van der Waals surface area contributed by atoms with E-state index in [9.17, 15) is 10.1 Å². The second-order valence-corrected chi connectivity index (χ2v) is 2.57. The Labute approximate surface area is 84.7 Å². The molecule has 3 N–H and O–H groups in total. The monoisotopic (exact) mass is 208 g/mol. The van der Waals surface area contributed by atoms with E-state index in [0.717, 1.165) is 6.21 Å². The molecule has 7 nitrogen and oxygen atoms in total. The van der Waals surface area contributed by atoms with Gasteiger partial charge in [-0.15, -0.1) is 0 Å². The second kappa shape index (κ2) is 4.70. The lowest BCUT2D eigenvalue weighted by molar-refractivity contribution is -0.384. The molecule has 7 heteroatoms. The van der Waals surface area contributed by atoms with Crippen LogP contribution in [-0.4, -0.2) is 22.1 Å². The fraction of sp³-hybridized carbons (Fsp3) is 0. The number of rotatable bonds is 3. The highest BCUT2D eigenvalue weighted by Crippen LogP contribution is 2.13. The van der Waals surface area contributed by atoms with Crippen molar-refractivity contribution in [2.24, 2.45) is 16.1 Å². The summed E-state index contributed by atoms with van der Waals surface area (Å²) in [7, 11) is 0. The van der Waals surface area contributed by atoms with Gasteiger partial charge in [0.05, 0.1) is 11.1 Å². The minimum absolute atomic E-state index is 0.0833. The summed E-state index contributed by atoms with van der Waals surface area (Å²) in [6.45, 7) is 0. The Balaban J connectivity index is 3.15. The quantitative estimate of drug-likeness (QED) is 0.250. The van der Waals surface area contributed by atoms with E-state index >= 15 is 0 Å². The Morgan fingerprint density at radius 2 is 2.33 bits per heavy atom. The number of benzene rings is 1. The average molecular weight is 208 g/mol. The number of nitrogens with two attached hydrogens (primary N) is 1. The van der Waals surface area contributed by atoms with Gasteiger partial charge in [0.15, 0.2) is 0 Å². The first kappa shape index (κ1) is 10.6. The molecule has 78 valence electrons. The normalized spacial score (nSPS) is 11.9. The van der Waals surface area contributed by atoms with Gasteiger partial charge in [0, 0.05) is 17.7 Å². The Morgan fingerprint density at radius 1 is 1.60 bits per heavy atom. The molecule has 0 saturated carbocycles. The number of nitro benzene ring substituents is 1. The summed E-state index contributed by atoms with van der Waals surface area (Å²) < 4.78 is 0. The van der Waals surface area contributed by atoms with E-state index in [0.29, 0.717) is 5.56 Å². The number of nitro groups is 1. The van der Waals surface area contributed by atoms with E-state index in [1.165, 1.54) is 18.2 Å². The van der Waals surface area contributed by atoms with Crippen LogP contribution in [0.3, 0.4) is 0 Å². The second-order valence-electron chi connectivity index (χ2n) is 2.57. The summed E-state index contributed by atoms with van der Waals surface area (Å²) in [5, 5.41) is 24.9. The third kappa shape index (κ3) is 2.50. The molecule has 0 unspecified atom stereocenters. The maximum atomic E-state index is 10.5. The van der Waals surface area contributed by atoms with Crippen LogP contribution < -0.4 is 5.84 Å². The maximum absolute atomic E-state index is 10.5. The molecule has 0 aliphatic carbocycles. The first-order valence-electron chi connectivity index (χ1n) is 3.89. The number of hydrazone groups is 1. The molecule has 0 aromatic heterocycles. The first-order valence-corrected chi connectivity index (χ1v) is 3.89. The van der Waals surface area contributed by atoms with Gasteiger partial charge in [-0.2, -0.15) is 5.10 Å². The summed E-state index contributed by atoms with van der Waals surface area (Å²) in [6, 6.07) is 5.69. The van der Waals surface area contributed by atoms with E-state index in [1.54, 1.807) is 6.07 Å².